The fraction of sp³-hybridized carbons (Fsp3) is 1.00. The summed E-state index contributed by atoms with van der Waals surface area (Å²) in [5, 5.41) is 0. The number of hydrogen-bond donors (Lipinski definition) is 0. The molecule has 0 aromatic carbocycles. The second-order valence-corrected chi connectivity index (χ2v) is 5.23. The first kappa shape index (κ1) is 10.5. The van der Waals surface area contributed by atoms with Crippen molar-refractivity contribution in [3.05, 3.63) is 0 Å². The third-order valence-electron chi connectivity index (χ3n) is 4.15. The maximum absolute atomic E-state index is 2.81. The van der Waals surface area contributed by atoms with E-state index in [0.29, 0.717) is 0 Å². The van der Waals surface area contributed by atoms with Gasteiger partial charge in [-0.05, 0) is 39.2 Å². The zero-order chi connectivity index (χ0) is 9.80. The van der Waals surface area contributed by atoms with E-state index in [1.165, 1.54) is 64.3 Å². The molecule has 1 unspecified atom stereocenters. The van der Waals surface area contributed by atoms with Crippen LogP contribution in [0.4, 0.5) is 0 Å². The molecule has 1 saturated heterocycles. The van der Waals surface area contributed by atoms with Gasteiger partial charge in [-0.25, -0.2) is 0 Å². The van der Waals surface area contributed by atoms with Crippen molar-refractivity contribution in [2.75, 3.05) is 6.54 Å². The fourth-order valence-corrected chi connectivity index (χ4v) is 3.25. The van der Waals surface area contributed by atoms with Crippen LogP contribution in [0.1, 0.15) is 64.7 Å². The van der Waals surface area contributed by atoms with Crippen LogP contribution in [0.15, 0.2) is 0 Å². The largest absolute Gasteiger partial charge is 0.298 e. The van der Waals surface area contributed by atoms with Gasteiger partial charge in [0.1, 0.15) is 0 Å². The Morgan fingerprint density at radius 1 is 0.786 bits per heavy atom. The van der Waals surface area contributed by atoms with E-state index in [1.54, 1.807) is 0 Å². The standard InChI is InChI=1S/C13H25N/c1-12-8-6-7-11-14(12)13-9-4-2-3-5-10-13/h12-13H,2-11H2,1H3. The van der Waals surface area contributed by atoms with Crippen molar-refractivity contribution in [2.45, 2.75) is 76.8 Å². The van der Waals surface area contributed by atoms with Gasteiger partial charge in [0.15, 0.2) is 0 Å². The van der Waals surface area contributed by atoms with E-state index >= 15 is 0 Å². The molecular formula is C13H25N. The summed E-state index contributed by atoms with van der Waals surface area (Å²) in [4.78, 5) is 2.81. The molecule has 1 nitrogen and oxygen atoms in total. The molecule has 14 heavy (non-hydrogen) atoms. The first-order valence-electron chi connectivity index (χ1n) is 6.63. The average molecular weight is 195 g/mol. The predicted molar refractivity (Wildman–Crippen MR) is 61.5 cm³/mol. The lowest BCUT2D eigenvalue weighted by Gasteiger charge is -2.39. The lowest BCUT2D eigenvalue weighted by molar-refractivity contribution is 0.0954. The van der Waals surface area contributed by atoms with Crippen LogP contribution in [0.3, 0.4) is 0 Å². The van der Waals surface area contributed by atoms with Crippen molar-refractivity contribution in [3.8, 4) is 0 Å². The summed E-state index contributed by atoms with van der Waals surface area (Å²) in [6.45, 7) is 3.82. The van der Waals surface area contributed by atoms with Gasteiger partial charge in [-0.1, -0.05) is 32.1 Å². The predicted octanol–water partition coefficient (Wildman–Crippen LogP) is 3.58. The molecule has 1 heteroatoms. The number of piperidine rings is 1. The Balaban J connectivity index is 1.90. The van der Waals surface area contributed by atoms with Crippen molar-refractivity contribution in [2.24, 2.45) is 0 Å². The minimum atomic E-state index is 0.867. The molecule has 2 aliphatic rings. The Bertz CT molecular complexity index is 159. The molecule has 0 radical (unpaired) electrons. The highest BCUT2D eigenvalue weighted by Gasteiger charge is 2.26. The topological polar surface area (TPSA) is 3.24 Å². The van der Waals surface area contributed by atoms with Gasteiger partial charge in [-0.2, -0.15) is 0 Å². The molecular weight excluding hydrogens is 170 g/mol. The van der Waals surface area contributed by atoms with Crippen molar-refractivity contribution in [1.29, 1.82) is 0 Å². The average Bonchev–Trinajstić information content (AvgIpc) is 2.47. The number of hydrogen-bond acceptors (Lipinski definition) is 1. The van der Waals surface area contributed by atoms with Crippen LogP contribution < -0.4 is 0 Å². The monoisotopic (exact) mass is 195 g/mol. The van der Waals surface area contributed by atoms with Gasteiger partial charge in [-0.3, -0.25) is 4.90 Å². The highest BCUT2D eigenvalue weighted by Crippen LogP contribution is 2.27. The molecule has 0 aromatic heterocycles. The van der Waals surface area contributed by atoms with Gasteiger partial charge in [0.05, 0.1) is 0 Å². The highest BCUT2D eigenvalue weighted by atomic mass is 15.2. The van der Waals surface area contributed by atoms with Crippen molar-refractivity contribution < 1.29 is 0 Å². The fourth-order valence-electron chi connectivity index (χ4n) is 3.25. The molecule has 0 amide bonds. The molecule has 0 spiro atoms. The van der Waals surface area contributed by atoms with Crippen LogP contribution in [0, 0.1) is 0 Å². The van der Waals surface area contributed by atoms with Crippen LogP contribution in [-0.2, 0) is 0 Å². The van der Waals surface area contributed by atoms with E-state index in [1.807, 2.05) is 0 Å². The maximum atomic E-state index is 2.81. The van der Waals surface area contributed by atoms with Gasteiger partial charge < -0.3 is 0 Å². The van der Waals surface area contributed by atoms with E-state index in [-0.39, 0.29) is 0 Å². The second-order valence-electron chi connectivity index (χ2n) is 5.23. The molecule has 0 bridgehead atoms. The van der Waals surface area contributed by atoms with Crippen LogP contribution >= 0.6 is 0 Å². The van der Waals surface area contributed by atoms with Crippen LogP contribution in [-0.4, -0.2) is 23.5 Å². The summed E-state index contributed by atoms with van der Waals surface area (Å²) in [5.74, 6) is 0. The van der Waals surface area contributed by atoms with Gasteiger partial charge in [0, 0.05) is 12.1 Å². The lowest BCUT2D eigenvalue weighted by Crippen LogP contribution is -2.44. The molecule has 1 saturated carbocycles. The van der Waals surface area contributed by atoms with E-state index in [2.05, 4.69) is 11.8 Å². The molecule has 1 aliphatic carbocycles. The highest BCUT2D eigenvalue weighted by molar-refractivity contribution is 4.81. The van der Waals surface area contributed by atoms with Gasteiger partial charge in [-0.15, -0.1) is 0 Å². The second kappa shape index (κ2) is 5.16. The Morgan fingerprint density at radius 3 is 2.07 bits per heavy atom. The number of rotatable bonds is 1. The molecule has 1 heterocycles. The van der Waals surface area contributed by atoms with Crippen LogP contribution in [0.2, 0.25) is 0 Å². The molecule has 1 aliphatic heterocycles. The van der Waals surface area contributed by atoms with E-state index in [9.17, 15) is 0 Å². The summed E-state index contributed by atoms with van der Waals surface area (Å²) in [6, 6.07) is 1.81. The van der Waals surface area contributed by atoms with Crippen molar-refractivity contribution in [3.63, 3.8) is 0 Å². The molecule has 2 fully saturated rings. The molecule has 0 N–H and O–H groups in total. The minimum Gasteiger partial charge on any atom is -0.298 e. The summed E-state index contributed by atoms with van der Waals surface area (Å²) in [7, 11) is 0. The lowest BCUT2D eigenvalue weighted by atomic mass is 9.98. The molecule has 2 rings (SSSR count). The molecule has 1 atom stereocenters. The van der Waals surface area contributed by atoms with E-state index in [4.69, 9.17) is 0 Å². The van der Waals surface area contributed by atoms with Crippen LogP contribution in [0.25, 0.3) is 0 Å². The Kier molecular flexibility index (Phi) is 3.86. The van der Waals surface area contributed by atoms with Crippen molar-refractivity contribution >= 4 is 0 Å². The summed E-state index contributed by atoms with van der Waals surface area (Å²) in [5.41, 5.74) is 0. The molecule has 0 aromatic rings. The Labute approximate surface area is 88.9 Å². The maximum Gasteiger partial charge on any atom is 0.00980 e. The molecule has 82 valence electrons. The zero-order valence-electron chi connectivity index (χ0n) is 9.67. The van der Waals surface area contributed by atoms with Gasteiger partial charge >= 0.3 is 0 Å². The normalized spacial score (nSPS) is 32.8. The minimum absolute atomic E-state index is 0.867. The van der Waals surface area contributed by atoms with Gasteiger partial charge in [0.2, 0.25) is 0 Å². The van der Waals surface area contributed by atoms with E-state index in [0.717, 1.165) is 12.1 Å². The first-order chi connectivity index (χ1) is 6.88. The number of likely N-dealkylation sites (tertiary alicyclic amines) is 1. The third-order valence-corrected chi connectivity index (χ3v) is 4.15. The van der Waals surface area contributed by atoms with E-state index < -0.39 is 0 Å². The Morgan fingerprint density at radius 2 is 1.43 bits per heavy atom. The summed E-state index contributed by atoms with van der Waals surface area (Å²) < 4.78 is 0. The first-order valence-corrected chi connectivity index (χ1v) is 6.63. The summed E-state index contributed by atoms with van der Waals surface area (Å²) >= 11 is 0. The Hall–Kier alpha value is -0.0400. The summed E-state index contributed by atoms with van der Waals surface area (Å²) in [6.07, 6.45) is 13.2. The third kappa shape index (κ3) is 2.50. The van der Waals surface area contributed by atoms with Gasteiger partial charge in [0.25, 0.3) is 0 Å². The quantitative estimate of drug-likeness (QED) is 0.578. The smallest absolute Gasteiger partial charge is 0.00980 e. The van der Waals surface area contributed by atoms with Crippen LogP contribution in [0.5, 0.6) is 0 Å². The number of nitrogens with zero attached hydrogens (tertiary/aromatic N) is 1. The zero-order valence-corrected chi connectivity index (χ0v) is 9.67. The SMILES string of the molecule is CC1CCCCN1C1CCCCCC1. The van der Waals surface area contributed by atoms with Crippen molar-refractivity contribution in [1.82, 2.24) is 4.90 Å².